The van der Waals surface area contributed by atoms with Crippen LogP contribution in [0.3, 0.4) is 0 Å². The van der Waals surface area contributed by atoms with E-state index in [2.05, 4.69) is 0 Å². The number of carbonyl (C=O) groups excluding carboxylic acids is 1. The van der Waals surface area contributed by atoms with Gasteiger partial charge in [0, 0.05) is 18.4 Å². The summed E-state index contributed by atoms with van der Waals surface area (Å²) in [4.78, 5) is 14.4. The summed E-state index contributed by atoms with van der Waals surface area (Å²) in [5.74, 6) is 0.148. The highest BCUT2D eigenvalue weighted by molar-refractivity contribution is 6.00. The van der Waals surface area contributed by atoms with Crippen LogP contribution in [0.15, 0.2) is 48.5 Å². The van der Waals surface area contributed by atoms with Crippen molar-refractivity contribution in [3.8, 4) is 5.75 Å². The maximum Gasteiger partial charge on any atom is 0.236 e. The number of phenols is 1. The largest absolute Gasteiger partial charge is 0.508 e. The molecule has 2 aromatic carbocycles. The van der Waals surface area contributed by atoms with Gasteiger partial charge in [0.2, 0.25) is 5.91 Å². The molecule has 0 bridgehead atoms. The average molecular weight is 284 g/mol. The first kappa shape index (κ1) is 14.9. The number of benzene rings is 2. The summed E-state index contributed by atoms with van der Waals surface area (Å²) in [6.45, 7) is 3.77. The fourth-order valence-electron chi connectivity index (χ4n) is 2.24. The van der Waals surface area contributed by atoms with Gasteiger partial charge in [-0.15, -0.1) is 0 Å². The number of hydrogen-bond acceptors (Lipinski definition) is 3. The van der Waals surface area contributed by atoms with Crippen LogP contribution in [0, 0.1) is 0 Å². The van der Waals surface area contributed by atoms with Gasteiger partial charge in [0.25, 0.3) is 0 Å². The number of anilines is 2. The first-order valence-electron chi connectivity index (χ1n) is 6.75. The Morgan fingerprint density at radius 2 is 1.57 bits per heavy atom. The van der Waals surface area contributed by atoms with Gasteiger partial charge in [-0.05, 0) is 55.8 Å². The molecule has 110 valence electrons. The van der Waals surface area contributed by atoms with Crippen LogP contribution < -0.4 is 10.6 Å². The standard InChI is InChI=1S/C17H20N2O2/c1-17(2,12-4-6-13(18)7-5-12)16(21)19(3)14-8-10-15(20)11-9-14/h4-11,20H,18H2,1-3H3. The highest BCUT2D eigenvalue weighted by Gasteiger charge is 2.32. The lowest BCUT2D eigenvalue weighted by Crippen LogP contribution is -2.41. The van der Waals surface area contributed by atoms with Crippen LogP contribution in [0.5, 0.6) is 5.75 Å². The fourth-order valence-corrected chi connectivity index (χ4v) is 2.24. The third-order valence-corrected chi connectivity index (χ3v) is 3.71. The number of amides is 1. The molecule has 2 rings (SSSR count). The van der Waals surface area contributed by atoms with E-state index >= 15 is 0 Å². The van der Waals surface area contributed by atoms with Gasteiger partial charge in [-0.2, -0.15) is 0 Å². The lowest BCUT2D eigenvalue weighted by molar-refractivity contribution is -0.122. The lowest BCUT2D eigenvalue weighted by atomic mass is 9.83. The van der Waals surface area contributed by atoms with E-state index in [1.54, 1.807) is 48.3 Å². The summed E-state index contributed by atoms with van der Waals surface area (Å²) in [6.07, 6.45) is 0. The van der Waals surface area contributed by atoms with Gasteiger partial charge >= 0.3 is 0 Å². The Balaban J connectivity index is 2.28. The Hall–Kier alpha value is -2.49. The Bertz CT molecular complexity index is 631. The van der Waals surface area contributed by atoms with E-state index in [0.717, 1.165) is 11.3 Å². The number of aromatic hydroxyl groups is 1. The lowest BCUT2D eigenvalue weighted by Gasteiger charge is -2.30. The second kappa shape index (κ2) is 5.48. The number of likely N-dealkylation sites (N-methyl/N-ethyl adjacent to an activating group) is 1. The summed E-state index contributed by atoms with van der Waals surface area (Å²) >= 11 is 0. The Kier molecular flexibility index (Phi) is 3.89. The van der Waals surface area contributed by atoms with Crippen molar-refractivity contribution < 1.29 is 9.90 Å². The van der Waals surface area contributed by atoms with Crippen LogP contribution in [-0.4, -0.2) is 18.1 Å². The van der Waals surface area contributed by atoms with Crippen molar-refractivity contribution >= 4 is 17.3 Å². The minimum absolute atomic E-state index is 0.0297. The zero-order chi connectivity index (χ0) is 15.6. The number of rotatable bonds is 3. The van der Waals surface area contributed by atoms with Gasteiger partial charge in [-0.3, -0.25) is 4.79 Å². The molecule has 0 spiro atoms. The minimum atomic E-state index is -0.666. The van der Waals surface area contributed by atoms with E-state index in [1.165, 1.54) is 0 Å². The summed E-state index contributed by atoms with van der Waals surface area (Å²) in [6, 6.07) is 13.9. The van der Waals surface area contributed by atoms with Crippen molar-refractivity contribution in [3.63, 3.8) is 0 Å². The number of nitrogens with zero attached hydrogens (tertiary/aromatic N) is 1. The van der Waals surface area contributed by atoms with Crippen LogP contribution >= 0.6 is 0 Å². The number of carbonyl (C=O) groups is 1. The second-order valence-electron chi connectivity index (χ2n) is 5.63. The molecule has 0 radical (unpaired) electrons. The average Bonchev–Trinajstić information content (AvgIpc) is 2.47. The highest BCUT2D eigenvalue weighted by Crippen LogP contribution is 2.28. The Labute approximate surface area is 124 Å². The number of nitrogens with two attached hydrogens (primary N) is 1. The third-order valence-electron chi connectivity index (χ3n) is 3.71. The van der Waals surface area contributed by atoms with Crippen LogP contribution in [0.25, 0.3) is 0 Å². The normalized spacial score (nSPS) is 11.2. The molecule has 0 atom stereocenters. The van der Waals surface area contributed by atoms with E-state index < -0.39 is 5.41 Å². The van der Waals surface area contributed by atoms with Crippen molar-refractivity contribution in [2.45, 2.75) is 19.3 Å². The third kappa shape index (κ3) is 2.99. The molecule has 4 nitrogen and oxygen atoms in total. The summed E-state index contributed by atoms with van der Waals surface area (Å²) in [5.41, 5.74) is 7.35. The SMILES string of the molecule is CN(C(=O)C(C)(C)c1ccc(N)cc1)c1ccc(O)cc1. The molecule has 3 N–H and O–H groups in total. The predicted molar refractivity (Wildman–Crippen MR) is 85.4 cm³/mol. The van der Waals surface area contributed by atoms with Crippen molar-refractivity contribution in [2.24, 2.45) is 0 Å². The number of hydrogen-bond donors (Lipinski definition) is 2. The van der Waals surface area contributed by atoms with E-state index in [-0.39, 0.29) is 11.7 Å². The molecular formula is C17H20N2O2. The molecule has 0 unspecified atom stereocenters. The van der Waals surface area contributed by atoms with Gasteiger partial charge < -0.3 is 15.7 Å². The molecule has 0 heterocycles. The molecule has 0 saturated heterocycles. The number of nitrogen functional groups attached to an aromatic ring is 1. The quantitative estimate of drug-likeness (QED) is 0.852. The van der Waals surface area contributed by atoms with Crippen LogP contribution in [-0.2, 0) is 10.2 Å². The molecule has 0 fully saturated rings. The second-order valence-corrected chi connectivity index (χ2v) is 5.63. The first-order valence-corrected chi connectivity index (χ1v) is 6.75. The molecular weight excluding hydrogens is 264 g/mol. The maximum absolute atomic E-state index is 12.8. The smallest absolute Gasteiger partial charge is 0.236 e. The zero-order valence-corrected chi connectivity index (χ0v) is 12.5. The molecule has 1 amide bonds. The fraction of sp³-hybridized carbons (Fsp3) is 0.235. The Morgan fingerprint density at radius 1 is 1.05 bits per heavy atom. The zero-order valence-electron chi connectivity index (χ0n) is 12.5. The molecule has 0 aliphatic carbocycles. The summed E-state index contributed by atoms with van der Waals surface area (Å²) < 4.78 is 0. The molecule has 0 aliphatic rings. The summed E-state index contributed by atoms with van der Waals surface area (Å²) in [5, 5.41) is 9.33. The molecule has 21 heavy (non-hydrogen) atoms. The van der Waals surface area contributed by atoms with E-state index in [1.807, 2.05) is 26.0 Å². The van der Waals surface area contributed by atoms with Crippen molar-refractivity contribution in [3.05, 3.63) is 54.1 Å². The maximum atomic E-state index is 12.8. The van der Waals surface area contributed by atoms with E-state index in [4.69, 9.17) is 5.73 Å². The monoisotopic (exact) mass is 284 g/mol. The van der Waals surface area contributed by atoms with Crippen molar-refractivity contribution in [1.82, 2.24) is 0 Å². The van der Waals surface area contributed by atoms with E-state index in [0.29, 0.717) is 5.69 Å². The van der Waals surface area contributed by atoms with Gasteiger partial charge in [0.15, 0.2) is 0 Å². The number of phenolic OH excluding ortho intramolecular Hbond substituents is 1. The Morgan fingerprint density at radius 3 is 2.10 bits per heavy atom. The highest BCUT2D eigenvalue weighted by atomic mass is 16.3. The van der Waals surface area contributed by atoms with Crippen molar-refractivity contribution in [2.75, 3.05) is 17.7 Å². The molecule has 0 saturated carbocycles. The van der Waals surface area contributed by atoms with Gasteiger partial charge in [0.05, 0.1) is 5.41 Å². The molecule has 0 aromatic heterocycles. The van der Waals surface area contributed by atoms with Crippen LogP contribution in [0.1, 0.15) is 19.4 Å². The van der Waals surface area contributed by atoms with Gasteiger partial charge in [-0.1, -0.05) is 12.1 Å². The summed E-state index contributed by atoms with van der Waals surface area (Å²) in [7, 11) is 1.73. The van der Waals surface area contributed by atoms with Gasteiger partial charge in [-0.25, -0.2) is 0 Å². The van der Waals surface area contributed by atoms with E-state index in [9.17, 15) is 9.90 Å². The first-order chi connectivity index (χ1) is 9.82. The topological polar surface area (TPSA) is 66.6 Å². The van der Waals surface area contributed by atoms with Crippen LogP contribution in [0.4, 0.5) is 11.4 Å². The molecule has 2 aromatic rings. The minimum Gasteiger partial charge on any atom is -0.508 e. The van der Waals surface area contributed by atoms with Crippen molar-refractivity contribution in [1.29, 1.82) is 0 Å². The molecule has 4 heteroatoms. The molecule has 0 aliphatic heterocycles. The predicted octanol–water partition coefficient (Wildman–Crippen LogP) is 2.92. The van der Waals surface area contributed by atoms with Gasteiger partial charge in [0.1, 0.15) is 5.75 Å². The van der Waals surface area contributed by atoms with Crippen LogP contribution in [0.2, 0.25) is 0 Å².